The smallest absolute Gasteiger partial charge is 0.287 e. The Balaban J connectivity index is 2.25. The van der Waals surface area contributed by atoms with E-state index in [0.29, 0.717) is 32.2 Å². The minimum Gasteiger partial charge on any atom is -0.363 e. The van der Waals surface area contributed by atoms with Crippen molar-refractivity contribution < 1.29 is 19.2 Å². The predicted octanol–water partition coefficient (Wildman–Crippen LogP) is 0.332. The first-order valence-electron chi connectivity index (χ1n) is 11.5. The molecule has 0 aliphatic carbocycles. The Morgan fingerprint density at radius 1 is 1.06 bits per heavy atom. The molecule has 5 unspecified atom stereocenters. The molecule has 0 spiro atoms. The molecule has 0 saturated carbocycles. The molecule has 2 aliphatic rings. The van der Waals surface area contributed by atoms with Crippen molar-refractivity contribution in [1.82, 2.24) is 10.2 Å². The molecular weight excluding hydrogens is 398 g/mol. The van der Waals surface area contributed by atoms with E-state index in [4.69, 9.17) is 17.2 Å². The Morgan fingerprint density at radius 2 is 1.65 bits per heavy atom. The topological polar surface area (TPSA) is 162 Å². The van der Waals surface area contributed by atoms with Crippen molar-refractivity contribution in [2.75, 3.05) is 6.54 Å². The van der Waals surface area contributed by atoms with Crippen LogP contribution in [0.3, 0.4) is 0 Å². The SMILES string of the molecule is CC1CC2C(=O)NC(C(=O)C(N)=O)CCCCCCCCCC(C)(N)C(N)C(=O)N2C1. The Hall–Kier alpha value is -2.00. The van der Waals surface area contributed by atoms with Crippen LogP contribution >= 0.6 is 0 Å². The van der Waals surface area contributed by atoms with Crippen molar-refractivity contribution in [3.05, 3.63) is 0 Å². The molecule has 2 heterocycles. The van der Waals surface area contributed by atoms with Crippen LogP contribution in [-0.2, 0) is 19.2 Å². The van der Waals surface area contributed by atoms with Gasteiger partial charge in [0, 0.05) is 12.1 Å². The molecular formula is C22H39N5O4. The highest BCUT2D eigenvalue weighted by Gasteiger charge is 2.44. The molecule has 0 radical (unpaired) electrons. The third kappa shape index (κ3) is 6.74. The molecule has 0 aromatic heterocycles. The quantitative estimate of drug-likeness (QED) is 0.455. The predicted molar refractivity (Wildman–Crippen MR) is 118 cm³/mol. The molecule has 9 heteroatoms. The van der Waals surface area contributed by atoms with Crippen molar-refractivity contribution >= 4 is 23.5 Å². The van der Waals surface area contributed by atoms with E-state index >= 15 is 0 Å². The fraction of sp³-hybridized carbons (Fsp3) is 0.818. The lowest BCUT2D eigenvalue weighted by Gasteiger charge is -2.35. The van der Waals surface area contributed by atoms with Crippen molar-refractivity contribution in [2.24, 2.45) is 23.1 Å². The lowest BCUT2D eigenvalue weighted by molar-refractivity contribution is -0.142. The van der Waals surface area contributed by atoms with Gasteiger partial charge in [0.25, 0.3) is 5.91 Å². The number of fused-ring (bicyclic) bond motifs is 1. The van der Waals surface area contributed by atoms with Crippen LogP contribution in [0.4, 0.5) is 0 Å². The standard InChI is InChI=1S/C22H39N5O4/c1-14-12-16-20(30)26-15(17(28)19(24)29)10-8-6-4-3-5-7-9-11-22(2,25)18(23)21(31)27(16)13-14/h14-16,18H,3-13,23,25H2,1-2H3,(H2,24,29)(H,26,30). The molecule has 0 aromatic rings. The monoisotopic (exact) mass is 437 g/mol. The van der Waals surface area contributed by atoms with E-state index < -0.39 is 41.3 Å². The summed E-state index contributed by atoms with van der Waals surface area (Å²) < 4.78 is 0. The molecule has 7 N–H and O–H groups in total. The average molecular weight is 438 g/mol. The Labute approximate surface area is 184 Å². The lowest BCUT2D eigenvalue weighted by Crippen LogP contribution is -2.62. The van der Waals surface area contributed by atoms with Gasteiger partial charge in [-0.25, -0.2) is 0 Å². The van der Waals surface area contributed by atoms with Gasteiger partial charge in [-0.1, -0.05) is 51.9 Å². The van der Waals surface area contributed by atoms with Crippen molar-refractivity contribution in [3.8, 4) is 0 Å². The number of carbonyl (C=O) groups is 4. The van der Waals surface area contributed by atoms with E-state index in [9.17, 15) is 19.2 Å². The summed E-state index contributed by atoms with van der Waals surface area (Å²) >= 11 is 0. The summed E-state index contributed by atoms with van der Waals surface area (Å²) in [6, 6.07) is -2.64. The van der Waals surface area contributed by atoms with E-state index in [1.54, 1.807) is 6.92 Å². The molecule has 31 heavy (non-hydrogen) atoms. The number of nitrogens with zero attached hydrogens (tertiary/aromatic N) is 1. The third-order valence-electron chi connectivity index (χ3n) is 6.66. The second-order valence-electron chi connectivity index (χ2n) is 9.63. The highest BCUT2D eigenvalue weighted by atomic mass is 16.2. The zero-order valence-corrected chi connectivity index (χ0v) is 18.9. The van der Waals surface area contributed by atoms with Crippen LogP contribution < -0.4 is 22.5 Å². The van der Waals surface area contributed by atoms with Gasteiger partial charge in [0.1, 0.15) is 12.1 Å². The van der Waals surface area contributed by atoms with Gasteiger partial charge >= 0.3 is 0 Å². The number of carbonyl (C=O) groups excluding carboxylic acids is 4. The first-order chi connectivity index (χ1) is 14.5. The third-order valence-corrected chi connectivity index (χ3v) is 6.66. The maximum Gasteiger partial charge on any atom is 0.287 e. The normalized spacial score (nSPS) is 34.5. The Kier molecular flexibility index (Phi) is 9.00. The van der Waals surface area contributed by atoms with E-state index in [0.717, 1.165) is 38.5 Å². The number of primary amides is 1. The van der Waals surface area contributed by atoms with Gasteiger partial charge in [-0.3, -0.25) is 19.2 Å². The molecule has 2 fully saturated rings. The number of ketones is 1. The maximum atomic E-state index is 13.2. The second kappa shape index (κ2) is 11.0. The highest BCUT2D eigenvalue weighted by molar-refractivity contribution is 6.37. The number of nitrogens with two attached hydrogens (primary N) is 3. The van der Waals surface area contributed by atoms with Crippen molar-refractivity contribution in [3.63, 3.8) is 0 Å². The van der Waals surface area contributed by atoms with E-state index in [1.807, 2.05) is 6.92 Å². The van der Waals surface area contributed by atoms with Crippen LogP contribution in [-0.4, -0.2) is 58.6 Å². The van der Waals surface area contributed by atoms with Crippen LogP contribution in [0, 0.1) is 5.92 Å². The first kappa shape index (κ1) is 25.3. The van der Waals surface area contributed by atoms with Gasteiger partial charge in [0.15, 0.2) is 0 Å². The largest absolute Gasteiger partial charge is 0.363 e. The van der Waals surface area contributed by atoms with E-state index in [-0.39, 0.29) is 11.8 Å². The molecule has 2 aliphatic heterocycles. The van der Waals surface area contributed by atoms with Gasteiger partial charge in [0.05, 0.1) is 6.04 Å². The van der Waals surface area contributed by atoms with Gasteiger partial charge < -0.3 is 27.4 Å². The van der Waals surface area contributed by atoms with Gasteiger partial charge in [-0.05, 0) is 32.1 Å². The number of Topliss-reactive ketones (excluding diaryl/α,β-unsaturated/α-hetero) is 1. The summed E-state index contributed by atoms with van der Waals surface area (Å²) in [6.45, 7) is 4.15. The zero-order valence-electron chi connectivity index (χ0n) is 18.9. The summed E-state index contributed by atoms with van der Waals surface area (Å²) in [5.74, 6) is -2.57. The fourth-order valence-electron chi connectivity index (χ4n) is 4.60. The van der Waals surface area contributed by atoms with Crippen LogP contribution in [0.5, 0.6) is 0 Å². The minimum atomic E-state index is -1.06. The summed E-state index contributed by atoms with van der Waals surface area (Å²) in [4.78, 5) is 51.5. The van der Waals surface area contributed by atoms with Crippen molar-refractivity contribution in [2.45, 2.75) is 102 Å². The maximum absolute atomic E-state index is 13.2. The molecule has 9 nitrogen and oxygen atoms in total. The lowest BCUT2D eigenvalue weighted by atomic mass is 9.87. The molecule has 2 rings (SSSR count). The number of nitrogens with one attached hydrogen (secondary N) is 1. The number of rotatable bonds is 2. The van der Waals surface area contributed by atoms with Crippen LogP contribution in [0.2, 0.25) is 0 Å². The van der Waals surface area contributed by atoms with Gasteiger partial charge in [-0.15, -0.1) is 0 Å². The highest BCUT2D eigenvalue weighted by Crippen LogP contribution is 2.27. The Morgan fingerprint density at radius 3 is 2.26 bits per heavy atom. The van der Waals surface area contributed by atoms with E-state index in [2.05, 4.69) is 5.32 Å². The molecule has 5 atom stereocenters. The van der Waals surface area contributed by atoms with Crippen LogP contribution in [0.15, 0.2) is 0 Å². The summed E-state index contributed by atoms with van der Waals surface area (Å²) in [5, 5.41) is 2.69. The second-order valence-corrected chi connectivity index (χ2v) is 9.63. The summed E-state index contributed by atoms with van der Waals surface area (Å²) in [5.41, 5.74) is 17.0. The molecule has 0 aromatic carbocycles. The summed E-state index contributed by atoms with van der Waals surface area (Å²) in [6.07, 6.45) is 8.09. The molecule has 0 bridgehead atoms. The Bertz CT molecular complexity index is 681. The fourth-order valence-corrected chi connectivity index (χ4v) is 4.60. The van der Waals surface area contributed by atoms with Gasteiger partial charge in [0.2, 0.25) is 17.6 Å². The zero-order chi connectivity index (χ0) is 23.2. The average Bonchev–Trinajstić information content (AvgIpc) is 3.10. The van der Waals surface area contributed by atoms with Crippen molar-refractivity contribution in [1.29, 1.82) is 0 Å². The van der Waals surface area contributed by atoms with Crippen LogP contribution in [0.1, 0.15) is 78.1 Å². The molecule has 3 amide bonds. The summed E-state index contributed by atoms with van der Waals surface area (Å²) in [7, 11) is 0. The van der Waals surface area contributed by atoms with Gasteiger partial charge in [-0.2, -0.15) is 0 Å². The first-order valence-corrected chi connectivity index (χ1v) is 11.5. The molecule has 2 saturated heterocycles. The van der Waals surface area contributed by atoms with E-state index in [1.165, 1.54) is 4.90 Å². The number of amides is 3. The minimum absolute atomic E-state index is 0.104. The molecule has 176 valence electrons. The number of hydrogen-bond acceptors (Lipinski definition) is 6. The number of hydrogen-bond donors (Lipinski definition) is 4. The van der Waals surface area contributed by atoms with Crippen LogP contribution in [0.25, 0.3) is 0 Å².